The lowest BCUT2D eigenvalue weighted by Crippen LogP contribution is -2.49. The van der Waals surface area contributed by atoms with E-state index in [1.807, 2.05) is 0 Å². The number of aliphatic hydroxyl groups excluding tert-OH is 2. The van der Waals surface area contributed by atoms with Crippen LogP contribution in [0.4, 0.5) is 10.3 Å². The van der Waals surface area contributed by atoms with E-state index in [0.717, 1.165) is 0 Å². The summed E-state index contributed by atoms with van der Waals surface area (Å²) in [6.07, 6.45) is -0.603. The van der Waals surface area contributed by atoms with Crippen molar-refractivity contribution in [3.63, 3.8) is 0 Å². The lowest BCUT2D eigenvalue weighted by atomic mass is 9.80. The smallest absolute Gasteiger partial charge is 0.247 e. The van der Waals surface area contributed by atoms with E-state index in [-0.39, 0.29) is 11.8 Å². The zero-order chi connectivity index (χ0) is 18.4. The molecule has 3 rings (SSSR count). The molecule has 0 spiro atoms. The number of nitrogen functional groups attached to an aromatic ring is 1. The monoisotopic (exact) mass is 355 g/mol. The molecule has 25 heavy (non-hydrogen) atoms. The Hall–Kier alpha value is -2.04. The molecule has 2 aromatic rings. The maximum absolute atomic E-state index is 13.6. The number of nitrogens with zero attached hydrogens (tertiary/aromatic N) is 4. The molecule has 0 saturated carbocycles. The highest BCUT2D eigenvalue weighted by Crippen LogP contribution is 2.50. The van der Waals surface area contributed by atoms with Gasteiger partial charge in [0.25, 0.3) is 0 Å². The lowest BCUT2D eigenvalue weighted by molar-refractivity contribution is -0.136. The van der Waals surface area contributed by atoms with Crippen LogP contribution in [0.2, 0.25) is 0 Å². The van der Waals surface area contributed by atoms with E-state index >= 15 is 0 Å². The molecule has 1 fully saturated rings. The van der Waals surface area contributed by atoms with Gasteiger partial charge >= 0.3 is 0 Å². The third-order valence-electron chi connectivity index (χ3n) is 4.62. The molecule has 138 valence electrons. The van der Waals surface area contributed by atoms with Crippen molar-refractivity contribution in [2.75, 3.05) is 25.6 Å². The van der Waals surface area contributed by atoms with Crippen LogP contribution < -0.4 is 10.5 Å². The van der Waals surface area contributed by atoms with E-state index in [9.17, 15) is 14.6 Å². The molecule has 1 aliphatic rings. The molecule has 0 bridgehead atoms. The number of rotatable bonds is 5. The fraction of sp³-hybridized carbons (Fsp3) is 0.667. The minimum atomic E-state index is -1.70. The van der Waals surface area contributed by atoms with Crippen LogP contribution in [0.1, 0.15) is 27.0 Å². The minimum absolute atomic E-state index is 0.00651. The summed E-state index contributed by atoms with van der Waals surface area (Å²) >= 11 is 0. The summed E-state index contributed by atoms with van der Waals surface area (Å²) in [5, 5.41) is 20.2. The van der Waals surface area contributed by atoms with E-state index in [2.05, 4.69) is 15.0 Å². The highest BCUT2D eigenvalue weighted by molar-refractivity contribution is 5.77. The second kappa shape index (κ2) is 6.04. The van der Waals surface area contributed by atoms with E-state index in [1.54, 1.807) is 25.3 Å². The minimum Gasteiger partial charge on any atom is -0.476 e. The first-order chi connectivity index (χ1) is 11.8. The van der Waals surface area contributed by atoms with E-state index in [4.69, 9.17) is 15.2 Å². The molecule has 1 saturated heterocycles. The number of aromatic nitrogens is 4. The number of halogens is 1. The summed E-state index contributed by atoms with van der Waals surface area (Å²) in [6, 6.07) is 0. The summed E-state index contributed by atoms with van der Waals surface area (Å²) in [5.74, 6) is 0.229. The van der Waals surface area contributed by atoms with Crippen LogP contribution in [-0.2, 0) is 4.74 Å². The number of hydrogen-bond donors (Lipinski definition) is 3. The molecule has 0 aliphatic carbocycles. The van der Waals surface area contributed by atoms with Crippen molar-refractivity contribution in [3.05, 3.63) is 6.33 Å². The Bertz CT molecular complexity index is 777. The Kier molecular flexibility index (Phi) is 4.30. The number of aliphatic hydroxyl groups is 2. The second-order valence-corrected chi connectivity index (χ2v) is 6.69. The molecule has 0 amide bonds. The zero-order valence-electron chi connectivity index (χ0n) is 14.3. The van der Waals surface area contributed by atoms with Crippen molar-refractivity contribution in [2.24, 2.45) is 5.41 Å². The van der Waals surface area contributed by atoms with Crippen LogP contribution in [-0.4, -0.2) is 61.3 Å². The van der Waals surface area contributed by atoms with Gasteiger partial charge in [-0.2, -0.15) is 9.97 Å². The predicted octanol–water partition coefficient (Wildman–Crippen LogP) is 0.424. The molecule has 0 aromatic carbocycles. The highest BCUT2D eigenvalue weighted by Gasteiger charge is 2.60. The van der Waals surface area contributed by atoms with Gasteiger partial charge in [0.1, 0.15) is 18.5 Å². The molecule has 3 atom stereocenters. The summed E-state index contributed by atoms with van der Waals surface area (Å²) in [4.78, 5) is 12.5. The van der Waals surface area contributed by atoms with Gasteiger partial charge in [-0.15, -0.1) is 0 Å². The van der Waals surface area contributed by atoms with Crippen LogP contribution in [0.3, 0.4) is 0 Å². The molecule has 4 N–H and O–H groups in total. The van der Waals surface area contributed by atoms with Crippen molar-refractivity contribution in [2.45, 2.75) is 38.7 Å². The fourth-order valence-corrected chi connectivity index (χ4v) is 3.25. The Morgan fingerprint density at radius 1 is 1.44 bits per heavy atom. The van der Waals surface area contributed by atoms with Gasteiger partial charge in [-0.3, -0.25) is 4.57 Å². The average Bonchev–Trinajstić information content (AvgIpc) is 3.07. The number of imidazole rings is 1. The van der Waals surface area contributed by atoms with Gasteiger partial charge in [0.05, 0.1) is 25.6 Å². The van der Waals surface area contributed by atoms with Crippen molar-refractivity contribution in [1.29, 1.82) is 0 Å². The number of nitrogens with two attached hydrogens (primary N) is 1. The first kappa shape index (κ1) is 17.8. The molecule has 2 aromatic heterocycles. The van der Waals surface area contributed by atoms with Crippen LogP contribution in [0, 0.1) is 5.41 Å². The Morgan fingerprint density at radius 2 is 2.16 bits per heavy atom. The summed E-state index contributed by atoms with van der Waals surface area (Å²) in [6.45, 7) is 3.93. The average molecular weight is 355 g/mol. The van der Waals surface area contributed by atoms with Crippen LogP contribution in [0.15, 0.2) is 6.33 Å². The Morgan fingerprint density at radius 3 is 2.72 bits per heavy atom. The third kappa shape index (κ3) is 2.52. The van der Waals surface area contributed by atoms with Crippen molar-refractivity contribution >= 4 is 17.1 Å². The predicted molar refractivity (Wildman–Crippen MR) is 86.6 cm³/mol. The Labute approximate surface area is 143 Å². The normalized spacial score (nSPS) is 28.6. The molecule has 0 unspecified atom stereocenters. The first-order valence-electron chi connectivity index (χ1n) is 7.96. The van der Waals surface area contributed by atoms with Crippen molar-refractivity contribution in [1.82, 2.24) is 19.5 Å². The van der Waals surface area contributed by atoms with Gasteiger partial charge in [-0.25, -0.2) is 9.37 Å². The molecular formula is C15H22FN5O4. The van der Waals surface area contributed by atoms with Gasteiger partial charge in [0, 0.05) is 5.41 Å². The van der Waals surface area contributed by atoms with Crippen LogP contribution >= 0.6 is 0 Å². The number of fused-ring (bicyclic) bond motifs is 1. The van der Waals surface area contributed by atoms with Crippen molar-refractivity contribution in [3.8, 4) is 5.88 Å². The molecule has 9 nitrogen and oxygen atoms in total. The molecule has 10 heteroatoms. The molecule has 1 aliphatic heterocycles. The molecule has 3 heterocycles. The zero-order valence-corrected chi connectivity index (χ0v) is 14.3. The maximum Gasteiger partial charge on any atom is 0.247 e. The van der Waals surface area contributed by atoms with E-state index in [0.29, 0.717) is 17.8 Å². The topological polar surface area (TPSA) is 129 Å². The van der Waals surface area contributed by atoms with Gasteiger partial charge in [0.2, 0.25) is 11.8 Å². The number of hydrogen-bond acceptors (Lipinski definition) is 8. The van der Waals surface area contributed by atoms with Crippen LogP contribution in [0.5, 0.6) is 5.88 Å². The van der Waals surface area contributed by atoms with Gasteiger partial charge in [-0.1, -0.05) is 13.8 Å². The highest BCUT2D eigenvalue weighted by atomic mass is 19.1. The van der Waals surface area contributed by atoms with Gasteiger partial charge < -0.3 is 25.4 Å². The van der Waals surface area contributed by atoms with Gasteiger partial charge in [-0.05, 0) is 6.92 Å². The molecular weight excluding hydrogens is 333 g/mol. The van der Waals surface area contributed by atoms with Crippen LogP contribution in [0.25, 0.3) is 11.2 Å². The lowest BCUT2D eigenvalue weighted by Gasteiger charge is -2.30. The first-order valence-corrected chi connectivity index (χ1v) is 7.96. The summed E-state index contributed by atoms with van der Waals surface area (Å²) in [5.41, 5.74) is 3.85. The molecule has 0 radical (unpaired) electrons. The number of ether oxygens (including phenoxy) is 2. The Balaban J connectivity index is 2.13. The fourth-order valence-electron chi connectivity index (χ4n) is 3.25. The second-order valence-electron chi connectivity index (χ2n) is 6.69. The summed E-state index contributed by atoms with van der Waals surface area (Å²) in [7, 11) is 0. The van der Waals surface area contributed by atoms with E-state index in [1.165, 1.54) is 6.33 Å². The van der Waals surface area contributed by atoms with Crippen molar-refractivity contribution < 1.29 is 24.1 Å². The number of anilines is 1. The number of alkyl halides is 1. The quantitative estimate of drug-likeness (QED) is 0.704. The SMILES string of the molecule is CCOc1nc(N)nc2c1ncn2[C@@H]1O[C@@](CO)(CF)[C@@H](O)C1(C)C. The maximum atomic E-state index is 13.6. The van der Waals surface area contributed by atoms with E-state index < -0.39 is 36.6 Å². The van der Waals surface area contributed by atoms with Gasteiger partial charge in [0.15, 0.2) is 11.2 Å². The largest absolute Gasteiger partial charge is 0.476 e. The summed E-state index contributed by atoms with van der Waals surface area (Å²) < 4.78 is 26.3. The standard InChI is InChI=1S/C15H22FN5O4/c1-4-24-10-8-9(19-13(17)20-10)21(7-18-8)12-14(2,3)11(23)15(5-16,6-22)25-12/h7,11-12,22-23H,4-6H2,1-3H3,(H2,17,19,20)/t11-,12+,15+/m0/s1. The third-order valence-corrected chi connectivity index (χ3v) is 4.62.